The Bertz CT molecular complexity index is 1240. The standard InChI is InChI=1S/C23H24Cl2N6O3/c1-29(2)23(22(26)33)12-30(13-23)28-21(32)18-20(34-3)19(14-8-10-15(24)11-9-14)31(27-18)17-7-5-4-6-16(17)25/h4-11H,12-13H2,1-3H3,(H2,26,33)(H,28,32). The van der Waals surface area contributed by atoms with Gasteiger partial charge < -0.3 is 10.5 Å². The lowest BCUT2D eigenvalue weighted by Crippen LogP contribution is -2.76. The molecule has 1 aliphatic rings. The second-order valence-corrected chi connectivity index (χ2v) is 9.03. The van der Waals surface area contributed by atoms with Gasteiger partial charge in [0, 0.05) is 23.7 Å². The molecule has 1 aliphatic heterocycles. The molecule has 3 aromatic rings. The van der Waals surface area contributed by atoms with E-state index in [1.54, 1.807) is 53.0 Å². The normalized spacial score (nSPS) is 15.1. The van der Waals surface area contributed by atoms with E-state index < -0.39 is 17.4 Å². The summed E-state index contributed by atoms with van der Waals surface area (Å²) in [6.07, 6.45) is 0. The lowest BCUT2D eigenvalue weighted by Gasteiger charge is -2.51. The van der Waals surface area contributed by atoms with Gasteiger partial charge in [0.15, 0.2) is 11.4 Å². The second-order valence-electron chi connectivity index (χ2n) is 8.19. The molecule has 0 atom stereocenters. The van der Waals surface area contributed by atoms with Gasteiger partial charge in [0.05, 0.1) is 17.8 Å². The minimum absolute atomic E-state index is 0.0637. The second kappa shape index (κ2) is 9.27. The molecule has 0 aliphatic carbocycles. The van der Waals surface area contributed by atoms with E-state index in [-0.39, 0.29) is 24.5 Å². The number of para-hydroxylation sites is 1. The van der Waals surface area contributed by atoms with Gasteiger partial charge in [-0.25, -0.2) is 9.69 Å². The number of hydrogen-bond acceptors (Lipinski definition) is 6. The van der Waals surface area contributed by atoms with Crippen LogP contribution in [0.15, 0.2) is 48.5 Å². The van der Waals surface area contributed by atoms with Crippen LogP contribution in [0.25, 0.3) is 16.9 Å². The predicted octanol–water partition coefficient (Wildman–Crippen LogP) is 2.60. The topological polar surface area (TPSA) is 106 Å². The Morgan fingerprint density at radius 1 is 1.12 bits per heavy atom. The van der Waals surface area contributed by atoms with Crippen molar-refractivity contribution in [2.24, 2.45) is 5.73 Å². The molecule has 178 valence electrons. The van der Waals surface area contributed by atoms with Crippen molar-refractivity contribution in [1.82, 2.24) is 25.1 Å². The molecule has 0 unspecified atom stereocenters. The molecular weight excluding hydrogens is 479 g/mol. The van der Waals surface area contributed by atoms with Crippen LogP contribution in [0.3, 0.4) is 0 Å². The van der Waals surface area contributed by atoms with Crippen LogP contribution in [0.2, 0.25) is 10.0 Å². The van der Waals surface area contributed by atoms with Crippen molar-refractivity contribution in [3.63, 3.8) is 0 Å². The van der Waals surface area contributed by atoms with E-state index in [2.05, 4.69) is 10.5 Å². The van der Waals surface area contributed by atoms with Gasteiger partial charge in [0.25, 0.3) is 5.91 Å². The lowest BCUT2D eigenvalue weighted by molar-refractivity contribution is -0.142. The number of aromatic nitrogens is 2. The zero-order chi connectivity index (χ0) is 24.6. The highest BCUT2D eigenvalue weighted by molar-refractivity contribution is 6.32. The number of amides is 2. The molecule has 3 N–H and O–H groups in total. The van der Waals surface area contributed by atoms with Crippen molar-refractivity contribution in [1.29, 1.82) is 0 Å². The van der Waals surface area contributed by atoms with Gasteiger partial charge in [-0.05, 0) is 38.4 Å². The predicted molar refractivity (Wildman–Crippen MR) is 130 cm³/mol. The lowest BCUT2D eigenvalue weighted by atomic mass is 9.89. The Morgan fingerprint density at radius 3 is 2.32 bits per heavy atom. The Hall–Kier alpha value is -3.11. The summed E-state index contributed by atoms with van der Waals surface area (Å²) < 4.78 is 7.23. The van der Waals surface area contributed by atoms with Gasteiger partial charge >= 0.3 is 0 Å². The highest BCUT2D eigenvalue weighted by atomic mass is 35.5. The molecule has 1 fully saturated rings. The van der Waals surface area contributed by atoms with E-state index in [0.717, 1.165) is 5.56 Å². The molecule has 0 bridgehead atoms. The number of methoxy groups -OCH3 is 1. The van der Waals surface area contributed by atoms with Crippen LogP contribution < -0.4 is 15.9 Å². The van der Waals surface area contributed by atoms with E-state index >= 15 is 0 Å². The maximum Gasteiger partial charge on any atom is 0.289 e. The molecule has 34 heavy (non-hydrogen) atoms. The first-order chi connectivity index (χ1) is 16.2. The Balaban J connectivity index is 1.73. The summed E-state index contributed by atoms with van der Waals surface area (Å²) in [6, 6.07) is 14.3. The van der Waals surface area contributed by atoms with Crippen molar-refractivity contribution < 1.29 is 14.3 Å². The number of likely N-dealkylation sites (N-methyl/N-ethyl adjacent to an activating group) is 1. The van der Waals surface area contributed by atoms with Crippen LogP contribution in [0.1, 0.15) is 10.5 Å². The summed E-state index contributed by atoms with van der Waals surface area (Å²) in [5, 5.41) is 7.20. The molecule has 4 rings (SSSR count). The first-order valence-electron chi connectivity index (χ1n) is 10.4. The van der Waals surface area contributed by atoms with Crippen molar-refractivity contribution in [2.75, 3.05) is 34.3 Å². The number of benzene rings is 2. The number of hydrogen-bond donors (Lipinski definition) is 2. The Labute approximate surface area is 206 Å². The van der Waals surface area contributed by atoms with Gasteiger partial charge in [0.2, 0.25) is 5.91 Å². The van der Waals surface area contributed by atoms with Crippen LogP contribution >= 0.6 is 23.2 Å². The maximum atomic E-state index is 13.3. The number of primary amides is 1. The van der Waals surface area contributed by atoms with Crippen LogP contribution in [-0.4, -0.2) is 71.3 Å². The van der Waals surface area contributed by atoms with Gasteiger partial charge in [-0.1, -0.05) is 47.5 Å². The first kappa shape index (κ1) is 24.0. The molecule has 2 amide bonds. The van der Waals surface area contributed by atoms with Crippen LogP contribution in [0.4, 0.5) is 0 Å². The SMILES string of the molecule is COc1c(C(=O)NN2CC(C(N)=O)(N(C)C)C2)nn(-c2ccccc2Cl)c1-c1ccc(Cl)cc1. The minimum atomic E-state index is -0.844. The summed E-state index contributed by atoms with van der Waals surface area (Å²) in [4.78, 5) is 27.0. The molecular formula is C23H24Cl2N6O3. The van der Waals surface area contributed by atoms with E-state index in [9.17, 15) is 9.59 Å². The third-order valence-electron chi connectivity index (χ3n) is 5.94. The number of hydrazine groups is 1. The number of nitrogens with two attached hydrogens (primary N) is 1. The van der Waals surface area contributed by atoms with E-state index in [4.69, 9.17) is 33.7 Å². The Kier molecular flexibility index (Phi) is 6.55. The summed E-state index contributed by atoms with van der Waals surface area (Å²) in [5.41, 5.74) is 9.45. The maximum absolute atomic E-state index is 13.3. The highest BCUT2D eigenvalue weighted by Crippen LogP contribution is 2.37. The number of halogens is 2. The smallest absolute Gasteiger partial charge is 0.289 e. The molecule has 2 aromatic carbocycles. The largest absolute Gasteiger partial charge is 0.492 e. The molecule has 0 spiro atoms. The molecule has 11 heteroatoms. The zero-order valence-corrected chi connectivity index (χ0v) is 20.4. The van der Waals surface area contributed by atoms with Gasteiger partial charge in [-0.15, -0.1) is 0 Å². The van der Waals surface area contributed by atoms with Gasteiger partial charge in [-0.3, -0.25) is 19.9 Å². The van der Waals surface area contributed by atoms with E-state index in [1.807, 2.05) is 24.3 Å². The number of carbonyl (C=O) groups excluding carboxylic acids is 2. The highest BCUT2D eigenvalue weighted by Gasteiger charge is 2.51. The Morgan fingerprint density at radius 2 is 1.76 bits per heavy atom. The first-order valence-corrected chi connectivity index (χ1v) is 11.1. The fraction of sp³-hybridized carbons (Fsp3) is 0.261. The van der Waals surface area contributed by atoms with E-state index in [1.165, 1.54) is 7.11 Å². The zero-order valence-electron chi connectivity index (χ0n) is 18.9. The molecule has 9 nitrogen and oxygen atoms in total. The number of rotatable bonds is 7. The van der Waals surface area contributed by atoms with Gasteiger partial charge in [-0.2, -0.15) is 5.10 Å². The third-order valence-corrected chi connectivity index (χ3v) is 6.51. The molecule has 0 saturated carbocycles. The van der Waals surface area contributed by atoms with Crippen molar-refractivity contribution in [3.8, 4) is 22.7 Å². The number of ether oxygens (including phenoxy) is 1. The average molecular weight is 503 g/mol. The fourth-order valence-electron chi connectivity index (χ4n) is 3.92. The molecule has 1 saturated heterocycles. The van der Waals surface area contributed by atoms with Crippen molar-refractivity contribution >= 4 is 35.0 Å². The van der Waals surface area contributed by atoms with E-state index in [0.29, 0.717) is 21.4 Å². The van der Waals surface area contributed by atoms with Crippen molar-refractivity contribution in [2.45, 2.75) is 5.54 Å². The summed E-state index contributed by atoms with van der Waals surface area (Å²) in [5.74, 6) is -0.669. The van der Waals surface area contributed by atoms with Crippen LogP contribution in [0.5, 0.6) is 5.75 Å². The fourth-order valence-corrected chi connectivity index (χ4v) is 4.27. The van der Waals surface area contributed by atoms with Gasteiger partial charge in [0.1, 0.15) is 11.2 Å². The van der Waals surface area contributed by atoms with Crippen LogP contribution in [-0.2, 0) is 4.79 Å². The minimum Gasteiger partial charge on any atom is -0.492 e. The number of carbonyl (C=O) groups is 2. The third kappa shape index (κ3) is 4.12. The van der Waals surface area contributed by atoms with Crippen LogP contribution in [0, 0.1) is 0 Å². The summed E-state index contributed by atoms with van der Waals surface area (Å²) in [6.45, 7) is 0.497. The van der Waals surface area contributed by atoms with Crippen molar-refractivity contribution in [3.05, 3.63) is 64.3 Å². The summed E-state index contributed by atoms with van der Waals surface area (Å²) >= 11 is 12.5. The molecule has 0 radical (unpaired) electrons. The number of nitrogens with one attached hydrogen (secondary N) is 1. The summed E-state index contributed by atoms with van der Waals surface area (Å²) in [7, 11) is 5.02. The monoisotopic (exact) mass is 502 g/mol. The molecule has 2 heterocycles. The average Bonchev–Trinajstić information content (AvgIpc) is 3.15. The number of nitrogens with zero attached hydrogens (tertiary/aromatic N) is 4. The molecule has 1 aromatic heterocycles. The quantitative estimate of drug-likeness (QED) is 0.514.